The molecule has 0 radical (unpaired) electrons. The second-order valence-electron chi connectivity index (χ2n) is 12.6. The zero-order valence-electron chi connectivity index (χ0n) is 24.8. The van der Waals surface area contributed by atoms with E-state index in [0.29, 0.717) is 0 Å². The van der Waals surface area contributed by atoms with Crippen molar-refractivity contribution in [2.45, 2.75) is 90.9 Å². The number of allylic oxidation sites excluding steroid dienone is 4. The van der Waals surface area contributed by atoms with E-state index < -0.39 is 0 Å². The molecule has 3 aromatic carbocycles. The van der Waals surface area contributed by atoms with E-state index in [4.69, 9.17) is 4.42 Å². The van der Waals surface area contributed by atoms with Gasteiger partial charge in [-0.3, -0.25) is 0 Å². The van der Waals surface area contributed by atoms with Crippen molar-refractivity contribution in [3.05, 3.63) is 96.0 Å². The summed E-state index contributed by atoms with van der Waals surface area (Å²) in [4.78, 5) is 0. The average Bonchev–Trinajstić information content (AvgIpc) is 3.64. The van der Waals surface area contributed by atoms with Crippen LogP contribution in [-0.2, 0) is 35.1 Å². The summed E-state index contributed by atoms with van der Waals surface area (Å²) >= 11 is 1.69. The van der Waals surface area contributed by atoms with Gasteiger partial charge in [-0.15, -0.1) is 45.8 Å². The van der Waals surface area contributed by atoms with Gasteiger partial charge in [0.15, 0.2) is 0 Å². The number of furan rings is 1. The van der Waals surface area contributed by atoms with E-state index in [2.05, 4.69) is 102 Å². The number of fused-ring (bicyclic) bond motifs is 3. The second-order valence-corrected chi connectivity index (χ2v) is 14.4. The summed E-state index contributed by atoms with van der Waals surface area (Å²) in [6, 6.07) is 18.1. The van der Waals surface area contributed by atoms with E-state index in [1.54, 1.807) is 40.0 Å². The number of halogens is 2. The molecule has 40 heavy (non-hydrogen) atoms. The standard InChI is InChI=1S/C21H25.C9H7O.C6H10.2ClH.Zr/c1-20(2,3)16-9-7-14-11-15-8-10-17(21(4,5)6)13-19(15)18(14)12-16;1-2-4-8(3-1)9-5-6-10-7-9;1-2-4-6-5-3-1;;;/h7-13H,1-6H3;1,3,5-7H,2H2;1-5H2;2*1H;/q2*-1;;;;+2/p-2. The summed E-state index contributed by atoms with van der Waals surface area (Å²) in [6.45, 7) is 13.7. The Bertz CT molecular complexity index is 1360. The Morgan fingerprint density at radius 1 is 0.775 bits per heavy atom. The fourth-order valence-electron chi connectivity index (χ4n) is 4.93. The Hall–Kier alpha value is -1.60. The molecule has 6 rings (SSSR count). The van der Waals surface area contributed by atoms with Crippen LogP contribution < -0.4 is 24.8 Å². The molecule has 212 valence electrons. The number of hydrogen-bond acceptors (Lipinski definition) is 1. The van der Waals surface area contributed by atoms with Gasteiger partial charge in [0.05, 0.1) is 6.26 Å². The molecule has 0 bridgehead atoms. The molecule has 0 spiro atoms. The molecule has 1 heterocycles. The molecule has 4 aromatic rings. The van der Waals surface area contributed by atoms with Crippen LogP contribution in [0.25, 0.3) is 27.1 Å². The van der Waals surface area contributed by atoms with Crippen LogP contribution in [-0.4, -0.2) is 3.21 Å². The van der Waals surface area contributed by atoms with Crippen molar-refractivity contribution < 1.29 is 53.5 Å². The summed E-state index contributed by atoms with van der Waals surface area (Å²) in [5, 5.41) is 5.49. The first-order chi connectivity index (χ1) is 18.0. The Morgan fingerprint density at radius 2 is 1.32 bits per heavy atom. The molecule has 2 aliphatic rings. The third-order valence-electron chi connectivity index (χ3n) is 7.42. The minimum absolute atomic E-state index is 0. The first-order valence-electron chi connectivity index (χ1n) is 14.0. The van der Waals surface area contributed by atoms with Crippen molar-refractivity contribution in [3.8, 4) is 0 Å². The number of benzene rings is 2. The van der Waals surface area contributed by atoms with E-state index in [-0.39, 0.29) is 35.6 Å². The first kappa shape index (κ1) is 34.6. The van der Waals surface area contributed by atoms with Crippen molar-refractivity contribution >= 4 is 30.3 Å². The Labute approximate surface area is 269 Å². The van der Waals surface area contributed by atoms with Gasteiger partial charge in [-0.2, -0.15) is 17.7 Å². The summed E-state index contributed by atoms with van der Waals surface area (Å²) in [7, 11) is 0. The Balaban J connectivity index is 0.000000245. The molecular weight excluding hydrogens is 611 g/mol. The maximum absolute atomic E-state index is 4.93. The van der Waals surface area contributed by atoms with E-state index in [1.807, 2.05) is 6.07 Å². The monoisotopic (exact) mass is 650 g/mol. The predicted molar refractivity (Wildman–Crippen MR) is 162 cm³/mol. The zero-order chi connectivity index (χ0) is 27.3. The molecule has 1 fully saturated rings. The van der Waals surface area contributed by atoms with Crippen molar-refractivity contribution in [2.24, 2.45) is 0 Å². The molecule has 0 unspecified atom stereocenters. The molecular formula is C36H42Cl2OZr-2. The van der Waals surface area contributed by atoms with Gasteiger partial charge >= 0.3 is 59.5 Å². The van der Waals surface area contributed by atoms with Crippen molar-refractivity contribution in [2.75, 3.05) is 0 Å². The van der Waals surface area contributed by atoms with E-state index in [1.165, 1.54) is 64.8 Å². The van der Waals surface area contributed by atoms with Gasteiger partial charge in [-0.05, 0) is 10.8 Å². The average molecular weight is 653 g/mol. The van der Waals surface area contributed by atoms with Gasteiger partial charge in [0.1, 0.15) is 0 Å². The molecule has 2 aliphatic carbocycles. The minimum atomic E-state index is 0. The maximum atomic E-state index is 4.93. The molecule has 0 saturated heterocycles. The second kappa shape index (κ2) is 15.0. The molecule has 4 heteroatoms. The van der Waals surface area contributed by atoms with Crippen LogP contribution in [0.3, 0.4) is 0 Å². The van der Waals surface area contributed by atoms with Gasteiger partial charge in [0, 0.05) is 6.26 Å². The summed E-state index contributed by atoms with van der Waals surface area (Å²) in [5.41, 5.74) is 5.47. The Kier molecular flexibility index (Phi) is 13.0. The van der Waals surface area contributed by atoms with Crippen LogP contribution in [0, 0.1) is 6.08 Å². The molecule has 0 N–H and O–H groups in total. The van der Waals surface area contributed by atoms with Crippen molar-refractivity contribution in [3.63, 3.8) is 0 Å². The van der Waals surface area contributed by atoms with Crippen LogP contribution in [0.15, 0.2) is 77.6 Å². The van der Waals surface area contributed by atoms with E-state index >= 15 is 0 Å². The van der Waals surface area contributed by atoms with Gasteiger partial charge in [0.25, 0.3) is 0 Å². The molecule has 0 atom stereocenters. The van der Waals surface area contributed by atoms with Crippen LogP contribution in [0.1, 0.15) is 96.8 Å². The van der Waals surface area contributed by atoms with Crippen LogP contribution >= 0.6 is 0 Å². The van der Waals surface area contributed by atoms with Gasteiger partial charge < -0.3 is 29.2 Å². The summed E-state index contributed by atoms with van der Waals surface area (Å²) in [5.74, 6) is 0. The SMILES string of the molecule is CC(C)(C)c1ccc2[cH-]c3ccc(C(C)(C)C)cc3c2c1.[C-]1=C(c2ccoc2)C=CC1.[Cl-].[Cl-].[Zr+2]=[C]1CCCCC1. The third-order valence-corrected chi connectivity index (χ3v) is 8.65. The molecule has 0 aliphatic heterocycles. The van der Waals surface area contributed by atoms with Crippen molar-refractivity contribution in [1.82, 2.24) is 0 Å². The van der Waals surface area contributed by atoms with Crippen LogP contribution in [0.2, 0.25) is 0 Å². The molecule has 1 nitrogen and oxygen atoms in total. The van der Waals surface area contributed by atoms with Gasteiger partial charge in [-0.1, -0.05) is 95.0 Å². The van der Waals surface area contributed by atoms with Crippen molar-refractivity contribution in [1.29, 1.82) is 0 Å². The quantitative estimate of drug-likeness (QED) is 0.278. The zero-order valence-corrected chi connectivity index (χ0v) is 28.8. The number of hydrogen-bond donors (Lipinski definition) is 0. The number of rotatable bonds is 1. The molecule has 1 saturated carbocycles. The predicted octanol–water partition coefficient (Wildman–Crippen LogP) is 4.41. The normalized spacial score (nSPS) is 14.9. The van der Waals surface area contributed by atoms with Crippen LogP contribution in [0.5, 0.6) is 0 Å². The third kappa shape index (κ3) is 9.21. The fourth-order valence-corrected chi connectivity index (χ4v) is 5.80. The van der Waals surface area contributed by atoms with Crippen LogP contribution in [0.4, 0.5) is 0 Å². The molecule has 1 aromatic heterocycles. The summed E-state index contributed by atoms with van der Waals surface area (Å²) in [6.07, 6.45) is 19.0. The fraction of sp³-hybridized carbons (Fsp3) is 0.389. The summed E-state index contributed by atoms with van der Waals surface area (Å²) < 4.78 is 6.74. The van der Waals surface area contributed by atoms with Gasteiger partial charge in [-0.25, -0.2) is 0 Å². The molecule has 0 amide bonds. The first-order valence-corrected chi connectivity index (χ1v) is 15.3. The van der Waals surface area contributed by atoms with Gasteiger partial charge in [0.2, 0.25) is 0 Å². The Morgan fingerprint density at radius 3 is 1.70 bits per heavy atom. The topological polar surface area (TPSA) is 13.1 Å². The van der Waals surface area contributed by atoms with E-state index in [0.717, 1.165) is 17.6 Å². The van der Waals surface area contributed by atoms with E-state index in [9.17, 15) is 0 Å².